The molecule has 4 heteroatoms. The number of hydrogen-bond donors (Lipinski definition) is 2. The Hall–Kier alpha value is -1.58. The summed E-state index contributed by atoms with van der Waals surface area (Å²) in [4.78, 5) is 15.5. The second-order valence-corrected chi connectivity index (χ2v) is 5.00. The van der Waals surface area contributed by atoms with Gasteiger partial charge in [0.25, 0.3) is 0 Å². The zero-order valence-corrected chi connectivity index (χ0v) is 10.2. The lowest BCUT2D eigenvalue weighted by molar-refractivity contribution is -0.147. The van der Waals surface area contributed by atoms with Crippen LogP contribution >= 0.6 is 0 Å². The van der Waals surface area contributed by atoms with Crippen LogP contribution in [0.25, 0.3) is 0 Å². The smallest absolute Gasteiger partial charge is 0.311 e. The number of anilines is 1. The van der Waals surface area contributed by atoms with Crippen molar-refractivity contribution in [1.29, 1.82) is 0 Å². The predicted octanol–water partition coefficient (Wildman–Crippen LogP) is 2.45. The monoisotopic (exact) mass is 234 g/mol. The summed E-state index contributed by atoms with van der Waals surface area (Å²) < 4.78 is 0. The van der Waals surface area contributed by atoms with Crippen LogP contribution < -0.4 is 5.32 Å². The molecule has 0 radical (unpaired) electrons. The van der Waals surface area contributed by atoms with E-state index >= 15 is 0 Å². The first-order chi connectivity index (χ1) is 8.02. The van der Waals surface area contributed by atoms with Crippen LogP contribution in [0.5, 0.6) is 0 Å². The fourth-order valence-corrected chi connectivity index (χ4v) is 2.49. The molecule has 92 valence electrons. The quantitative estimate of drug-likeness (QED) is 0.843. The highest BCUT2D eigenvalue weighted by molar-refractivity contribution is 5.76. The number of nitrogens with one attached hydrogen (secondary N) is 1. The average Bonchev–Trinajstić information content (AvgIpc) is 2.62. The van der Waals surface area contributed by atoms with E-state index in [1.807, 2.05) is 26.0 Å². The molecule has 1 heterocycles. The van der Waals surface area contributed by atoms with Crippen molar-refractivity contribution in [2.75, 3.05) is 5.32 Å². The standard InChI is InChI=1S/C13H18N2O2/c1-9-8-10(5-7-14-9)15-11-4-3-6-13(11,2)12(16)17/h5,7-8,11H,3-4,6H2,1-2H3,(H,14,15)(H,16,17). The van der Waals surface area contributed by atoms with Gasteiger partial charge in [-0.2, -0.15) is 0 Å². The highest BCUT2D eigenvalue weighted by Gasteiger charge is 2.45. The zero-order chi connectivity index (χ0) is 12.5. The number of aliphatic carboxylic acids is 1. The van der Waals surface area contributed by atoms with Crippen LogP contribution in [-0.4, -0.2) is 22.1 Å². The van der Waals surface area contributed by atoms with Crippen molar-refractivity contribution in [3.05, 3.63) is 24.0 Å². The molecule has 0 bridgehead atoms. The van der Waals surface area contributed by atoms with Crippen LogP contribution in [0.15, 0.2) is 18.3 Å². The number of carboxylic acids is 1. The molecular weight excluding hydrogens is 216 g/mol. The molecule has 2 unspecified atom stereocenters. The number of nitrogens with zero attached hydrogens (tertiary/aromatic N) is 1. The topological polar surface area (TPSA) is 62.2 Å². The number of aryl methyl sites for hydroxylation is 1. The molecule has 2 rings (SSSR count). The Kier molecular flexibility index (Phi) is 3.05. The number of carbonyl (C=O) groups is 1. The molecule has 0 aliphatic heterocycles. The molecule has 2 atom stereocenters. The van der Waals surface area contributed by atoms with Gasteiger partial charge in [0.15, 0.2) is 0 Å². The van der Waals surface area contributed by atoms with Crippen LogP contribution in [0, 0.1) is 12.3 Å². The van der Waals surface area contributed by atoms with E-state index in [0.29, 0.717) is 0 Å². The van der Waals surface area contributed by atoms with E-state index < -0.39 is 11.4 Å². The lowest BCUT2D eigenvalue weighted by Crippen LogP contribution is -2.40. The Labute approximate surface area is 101 Å². The minimum Gasteiger partial charge on any atom is -0.481 e. The van der Waals surface area contributed by atoms with Gasteiger partial charge in [0, 0.05) is 23.6 Å². The summed E-state index contributed by atoms with van der Waals surface area (Å²) in [5.41, 5.74) is 1.24. The van der Waals surface area contributed by atoms with Gasteiger partial charge in [-0.1, -0.05) is 6.42 Å². The van der Waals surface area contributed by atoms with Gasteiger partial charge in [-0.05, 0) is 38.8 Å². The molecule has 0 saturated heterocycles. The highest BCUT2D eigenvalue weighted by atomic mass is 16.4. The van der Waals surface area contributed by atoms with Gasteiger partial charge in [0.05, 0.1) is 5.41 Å². The first-order valence-corrected chi connectivity index (χ1v) is 5.95. The Bertz CT molecular complexity index is 433. The van der Waals surface area contributed by atoms with Crippen LogP contribution in [0.4, 0.5) is 5.69 Å². The van der Waals surface area contributed by atoms with Crippen molar-refractivity contribution in [3.63, 3.8) is 0 Å². The lowest BCUT2D eigenvalue weighted by Gasteiger charge is -2.28. The molecule has 2 N–H and O–H groups in total. The summed E-state index contributed by atoms with van der Waals surface area (Å²) in [5, 5.41) is 12.7. The van der Waals surface area contributed by atoms with E-state index in [0.717, 1.165) is 30.6 Å². The maximum atomic E-state index is 11.3. The van der Waals surface area contributed by atoms with Gasteiger partial charge >= 0.3 is 5.97 Å². The van der Waals surface area contributed by atoms with Crippen LogP contribution in [-0.2, 0) is 4.79 Å². The second-order valence-electron chi connectivity index (χ2n) is 5.00. The van der Waals surface area contributed by atoms with Crippen molar-refractivity contribution in [1.82, 2.24) is 4.98 Å². The van der Waals surface area contributed by atoms with Gasteiger partial charge in [0.2, 0.25) is 0 Å². The summed E-state index contributed by atoms with van der Waals surface area (Å²) in [7, 11) is 0. The van der Waals surface area contributed by atoms with Crippen LogP contribution in [0.2, 0.25) is 0 Å². The molecule has 17 heavy (non-hydrogen) atoms. The van der Waals surface area contributed by atoms with Gasteiger partial charge in [0.1, 0.15) is 0 Å². The molecule has 1 fully saturated rings. The molecule has 4 nitrogen and oxygen atoms in total. The van der Waals surface area contributed by atoms with Crippen LogP contribution in [0.3, 0.4) is 0 Å². The van der Waals surface area contributed by atoms with E-state index in [4.69, 9.17) is 0 Å². The third-order valence-corrected chi connectivity index (χ3v) is 3.68. The van der Waals surface area contributed by atoms with Crippen molar-refractivity contribution < 1.29 is 9.90 Å². The van der Waals surface area contributed by atoms with Crippen molar-refractivity contribution in [2.45, 2.75) is 39.2 Å². The number of aromatic nitrogens is 1. The molecule has 1 aliphatic carbocycles. The average molecular weight is 234 g/mol. The lowest BCUT2D eigenvalue weighted by atomic mass is 9.85. The van der Waals surface area contributed by atoms with E-state index in [-0.39, 0.29) is 6.04 Å². The predicted molar refractivity (Wildman–Crippen MR) is 66.0 cm³/mol. The summed E-state index contributed by atoms with van der Waals surface area (Å²) >= 11 is 0. The van der Waals surface area contributed by atoms with Gasteiger partial charge in [-0.15, -0.1) is 0 Å². The molecule has 0 aromatic carbocycles. The molecule has 0 amide bonds. The van der Waals surface area contributed by atoms with Crippen molar-refractivity contribution in [2.24, 2.45) is 5.41 Å². The number of pyridine rings is 1. The van der Waals surface area contributed by atoms with Gasteiger partial charge < -0.3 is 10.4 Å². The fourth-order valence-electron chi connectivity index (χ4n) is 2.49. The van der Waals surface area contributed by atoms with E-state index in [1.165, 1.54) is 0 Å². The summed E-state index contributed by atoms with van der Waals surface area (Å²) in [6, 6.07) is 3.83. The van der Waals surface area contributed by atoms with Crippen molar-refractivity contribution >= 4 is 11.7 Å². The maximum absolute atomic E-state index is 11.3. The fraction of sp³-hybridized carbons (Fsp3) is 0.538. The Morgan fingerprint density at radius 1 is 1.65 bits per heavy atom. The first-order valence-electron chi connectivity index (χ1n) is 5.95. The third kappa shape index (κ3) is 2.25. The minimum atomic E-state index is -0.710. The number of rotatable bonds is 3. The summed E-state index contributed by atoms with van der Waals surface area (Å²) in [6.45, 7) is 3.75. The number of hydrogen-bond acceptors (Lipinski definition) is 3. The molecule has 0 spiro atoms. The summed E-state index contributed by atoms with van der Waals surface area (Å²) in [6.07, 6.45) is 4.35. The Balaban J connectivity index is 2.16. The van der Waals surface area contributed by atoms with E-state index in [1.54, 1.807) is 6.20 Å². The SMILES string of the molecule is Cc1cc(NC2CCCC2(C)C(=O)O)ccn1. The second kappa shape index (κ2) is 4.35. The van der Waals surface area contributed by atoms with Gasteiger partial charge in [-0.25, -0.2) is 0 Å². The molecule has 1 saturated carbocycles. The van der Waals surface area contributed by atoms with E-state index in [9.17, 15) is 9.90 Å². The van der Waals surface area contributed by atoms with Crippen molar-refractivity contribution in [3.8, 4) is 0 Å². The summed E-state index contributed by atoms with van der Waals surface area (Å²) in [5.74, 6) is -0.710. The number of carboxylic acid groups (broad SMARTS) is 1. The van der Waals surface area contributed by atoms with E-state index in [2.05, 4.69) is 10.3 Å². The normalized spacial score (nSPS) is 28.0. The first kappa shape index (κ1) is 11.9. The molecular formula is C13H18N2O2. The molecule has 1 aromatic heterocycles. The van der Waals surface area contributed by atoms with Gasteiger partial charge in [-0.3, -0.25) is 9.78 Å². The Morgan fingerprint density at radius 3 is 3.06 bits per heavy atom. The molecule has 1 aromatic rings. The molecule has 1 aliphatic rings. The maximum Gasteiger partial charge on any atom is 0.311 e. The van der Waals surface area contributed by atoms with Crippen LogP contribution in [0.1, 0.15) is 31.9 Å². The third-order valence-electron chi connectivity index (χ3n) is 3.68. The minimum absolute atomic E-state index is 0.00167. The zero-order valence-electron chi connectivity index (χ0n) is 10.2. The highest BCUT2D eigenvalue weighted by Crippen LogP contribution is 2.39. The Morgan fingerprint density at radius 2 is 2.41 bits per heavy atom. The largest absolute Gasteiger partial charge is 0.481 e.